The summed E-state index contributed by atoms with van der Waals surface area (Å²) in [5, 5.41) is 14.7. The Labute approximate surface area is 107 Å². The summed E-state index contributed by atoms with van der Waals surface area (Å²) in [6, 6.07) is 7.59. The van der Waals surface area contributed by atoms with Crippen molar-refractivity contribution in [2.45, 2.75) is 32.2 Å². The molecule has 0 bridgehead atoms. The molecule has 1 atom stereocenters. The molecule has 1 saturated carbocycles. The number of rotatable bonds is 5. The second-order valence-electron chi connectivity index (χ2n) is 4.92. The molecule has 0 saturated heterocycles. The SMILES string of the molecule is Cc1ccc(NC(=O)NC(CCO)C2CC2)cc1. The maximum Gasteiger partial charge on any atom is 0.319 e. The lowest BCUT2D eigenvalue weighted by atomic mass is 10.1. The quantitative estimate of drug-likeness (QED) is 0.748. The standard InChI is InChI=1S/C14H20N2O2/c1-10-2-6-12(7-3-10)15-14(18)16-13(8-9-17)11-4-5-11/h2-3,6-7,11,13,17H,4-5,8-9H2,1H3,(H2,15,16,18). The third kappa shape index (κ3) is 3.74. The largest absolute Gasteiger partial charge is 0.396 e. The molecule has 1 aromatic rings. The van der Waals surface area contributed by atoms with Gasteiger partial charge in [-0.3, -0.25) is 0 Å². The number of carbonyl (C=O) groups excluding carboxylic acids is 1. The van der Waals surface area contributed by atoms with Gasteiger partial charge in [0.15, 0.2) is 0 Å². The van der Waals surface area contributed by atoms with Gasteiger partial charge in [0.1, 0.15) is 0 Å². The van der Waals surface area contributed by atoms with Gasteiger partial charge in [-0.15, -0.1) is 0 Å². The highest BCUT2D eigenvalue weighted by Crippen LogP contribution is 2.33. The zero-order chi connectivity index (χ0) is 13.0. The number of urea groups is 1. The van der Waals surface area contributed by atoms with Crippen LogP contribution in [0.5, 0.6) is 0 Å². The van der Waals surface area contributed by atoms with E-state index in [0.717, 1.165) is 24.1 Å². The molecule has 1 aromatic carbocycles. The molecule has 1 aliphatic carbocycles. The van der Waals surface area contributed by atoms with Crippen molar-refractivity contribution in [3.05, 3.63) is 29.8 Å². The third-order valence-electron chi connectivity index (χ3n) is 3.26. The number of hydrogen-bond donors (Lipinski definition) is 3. The highest BCUT2D eigenvalue weighted by molar-refractivity contribution is 5.89. The molecule has 18 heavy (non-hydrogen) atoms. The van der Waals surface area contributed by atoms with Gasteiger partial charge in [-0.1, -0.05) is 17.7 Å². The maximum absolute atomic E-state index is 11.8. The highest BCUT2D eigenvalue weighted by Gasteiger charge is 2.31. The monoisotopic (exact) mass is 248 g/mol. The van der Waals surface area contributed by atoms with Crippen LogP contribution in [0.3, 0.4) is 0 Å². The highest BCUT2D eigenvalue weighted by atomic mass is 16.3. The lowest BCUT2D eigenvalue weighted by Gasteiger charge is -2.17. The first-order chi connectivity index (χ1) is 8.69. The summed E-state index contributed by atoms with van der Waals surface area (Å²) >= 11 is 0. The van der Waals surface area contributed by atoms with E-state index < -0.39 is 0 Å². The Balaban J connectivity index is 1.85. The summed E-state index contributed by atoms with van der Waals surface area (Å²) in [6.07, 6.45) is 2.93. The van der Waals surface area contributed by atoms with Gasteiger partial charge in [0.05, 0.1) is 0 Å². The second kappa shape index (κ2) is 5.87. The van der Waals surface area contributed by atoms with E-state index in [2.05, 4.69) is 10.6 Å². The number of benzene rings is 1. The normalized spacial score (nSPS) is 16.1. The summed E-state index contributed by atoms with van der Waals surface area (Å²) in [6.45, 7) is 2.13. The van der Waals surface area contributed by atoms with Crippen molar-refractivity contribution in [2.75, 3.05) is 11.9 Å². The van der Waals surface area contributed by atoms with Crippen LogP contribution >= 0.6 is 0 Å². The smallest absolute Gasteiger partial charge is 0.319 e. The molecular weight excluding hydrogens is 228 g/mol. The number of nitrogens with one attached hydrogen (secondary N) is 2. The minimum Gasteiger partial charge on any atom is -0.396 e. The maximum atomic E-state index is 11.8. The summed E-state index contributed by atoms with van der Waals surface area (Å²) in [5.74, 6) is 0.543. The van der Waals surface area contributed by atoms with Crippen LogP contribution in [0.2, 0.25) is 0 Å². The number of aryl methyl sites for hydroxylation is 1. The molecule has 1 unspecified atom stereocenters. The molecule has 0 heterocycles. The van der Waals surface area contributed by atoms with Gasteiger partial charge in [0, 0.05) is 18.3 Å². The number of hydrogen-bond acceptors (Lipinski definition) is 2. The fourth-order valence-electron chi connectivity index (χ4n) is 2.04. The Morgan fingerprint density at radius 1 is 1.39 bits per heavy atom. The Kier molecular flexibility index (Phi) is 4.20. The fourth-order valence-corrected chi connectivity index (χ4v) is 2.04. The van der Waals surface area contributed by atoms with Gasteiger partial charge in [-0.25, -0.2) is 4.79 Å². The molecule has 1 fully saturated rings. The third-order valence-corrected chi connectivity index (χ3v) is 3.26. The van der Waals surface area contributed by atoms with E-state index in [1.165, 1.54) is 0 Å². The molecule has 0 aromatic heterocycles. The van der Waals surface area contributed by atoms with Gasteiger partial charge in [-0.2, -0.15) is 0 Å². The lowest BCUT2D eigenvalue weighted by molar-refractivity contribution is 0.234. The molecular formula is C14H20N2O2. The lowest BCUT2D eigenvalue weighted by Crippen LogP contribution is -2.39. The first-order valence-corrected chi connectivity index (χ1v) is 6.44. The van der Waals surface area contributed by atoms with Crippen molar-refractivity contribution in [2.24, 2.45) is 5.92 Å². The molecule has 0 radical (unpaired) electrons. The predicted octanol–water partition coefficient (Wildman–Crippen LogP) is 2.28. The first-order valence-electron chi connectivity index (χ1n) is 6.44. The summed E-state index contributed by atoms with van der Waals surface area (Å²) in [7, 11) is 0. The van der Waals surface area contributed by atoms with Crippen LogP contribution in [0.25, 0.3) is 0 Å². The molecule has 0 aliphatic heterocycles. The van der Waals surface area contributed by atoms with Crippen molar-refractivity contribution in [3.8, 4) is 0 Å². The van der Waals surface area contributed by atoms with Crippen LogP contribution in [0, 0.1) is 12.8 Å². The zero-order valence-corrected chi connectivity index (χ0v) is 10.6. The molecule has 2 rings (SSSR count). The Bertz CT molecular complexity index is 399. The van der Waals surface area contributed by atoms with Gasteiger partial charge in [0.2, 0.25) is 0 Å². The summed E-state index contributed by atoms with van der Waals surface area (Å²) in [4.78, 5) is 11.8. The van der Waals surface area contributed by atoms with E-state index in [1.54, 1.807) is 0 Å². The van der Waals surface area contributed by atoms with Gasteiger partial charge in [-0.05, 0) is 44.2 Å². The van der Waals surface area contributed by atoms with Crippen molar-refractivity contribution < 1.29 is 9.90 Å². The van der Waals surface area contributed by atoms with Crippen LogP contribution in [0.1, 0.15) is 24.8 Å². The molecule has 3 N–H and O–H groups in total. The van der Waals surface area contributed by atoms with Crippen LogP contribution in [-0.2, 0) is 0 Å². The molecule has 98 valence electrons. The fraction of sp³-hybridized carbons (Fsp3) is 0.500. The topological polar surface area (TPSA) is 61.4 Å². The molecule has 2 amide bonds. The van der Waals surface area contributed by atoms with Gasteiger partial charge in [0.25, 0.3) is 0 Å². The van der Waals surface area contributed by atoms with E-state index in [0.29, 0.717) is 12.3 Å². The van der Waals surface area contributed by atoms with Crippen LogP contribution < -0.4 is 10.6 Å². The zero-order valence-electron chi connectivity index (χ0n) is 10.6. The van der Waals surface area contributed by atoms with E-state index in [9.17, 15) is 4.79 Å². The molecule has 4 heteroatoms. The Morgan fingerprint density at radius 3 is 2.61 bits per heavy atom. The van der Waals surface area contributed by atoms with Crippen molar-refractivity contribution in [1.29, 1.82) is 0 Å². The number of carbonyl (C=O) groups is 1. The molecule has 4 nitrogen and oxygen atoms in total. The van der Waals surface area contributed by atoms with E-state index >= 15 is 0 Å². The number of aliphatic hydroxyl groups is 1. The van der Waals surface area contributed by atoms with E-state index in [-0.39, 0.29) is 18.7 Å². The van der Waals surface area contributed by atoms with Crippen molar-refractivity contribution in [3.63, 3.8) is 0 Å². The average molecular weight is 248 g/mol. The average Bonchev–Trinajstić information content (AvgIpc) is 3.16. The Hall–Kier alpha value is -1.55. The number of amides is 2. The molecule has 0 spiro atoms. The van der Waals surface area contributed by atoms with Crippen molar-refractivity contribution >= 4 is 11.7 Å². The minimum absolute atomic E-state index is 0.0976. The van der Waals surface area contributed by atoms with Crippen molar-refractivity contribution in [1.82, 2.24) is 5.32 Å². The number of aliphatic hydroxyl groups excluding tert-OH is 1. The predicted molar refractivity (Wildman–Crippen MR) is 71.5 cm³/mol. The summed E-state index contributed by atoms with van der Waals surface area (Å²) < 4.78 is 0. The van der Waals surface area contributed by atoms with E-state index in [4.69, 9.17) is 5.11 Å². The number of anilines is 1. The van der Waals surface area contributed by atoms with Gasteiger partial charge >= 0.3 is 6.03 Å². The first kappa shape index (κ1) is 12.9. The molecule has 1 aliphatic rings. The Morgan fingerprint density at radius 2 is 2.06 bits per heavy atom. The van der Waals surface area contributed by atoms with E-state index in [1.807, 2.05) is 31.2 Å². The van der Waals surface area contributed by atoms with Crippen LogP contribution in [0.15, 0.2) is 24.3 Å². The van der Waals surface area contributed by atoms with Gasteiger partial charge < -0.3 is 15.7 Å². The van der Waals surface area contributed by atoms with Crippen LogP contribution in [0.4, 0.5) is 10.5 Å². The second-order valence-corrected chi connectivity index (χ2v) is 4.92. The summed E-state index contributed by atoms with van der Waals surface area (Å²) in [5.41, 5.74) is 1.95. The van der Waals surface area contributed by atoms with Crippen LogP contribution in [-0.4, -0.2) is 23.8 Å². The minimum atomic E-state index is -0.191.